The molecule has 0 aliphatic carbocycles. The second kappa shape index (κ2) is 6.66. The van der Waals surface area contributed by atoms with Crippen LogP contribution in [0.3, 0.4) is 0 Å². The van der Waals surface area contributed by atoms with Gasteiger partial charge in [0.25, 0.3) is 10.0 Å². The highest BCUT2D eigenvalue weighted by atomic mass is 32.2. The minimum Gasteiger partial charge on any atom is -0.249 e. The highest BCUT2D eigenvalue weighted by Crippen LogP contribution is 2.26. The lowest BCUT2D eigenvalue weighted by molar-refractivity contribution is 0.575. The molecule has 0 atom stereocenters. The van der Waals surface area contributed by atoms with E-state index in [1.807, 2.05) is 33.8 Å². The quantitative estimate of drug-likeness (QED) is 0.837. The summed E-state index contributed by atoms with van der Waals surface area (Å²) in [6.07, 6.45) is 1.65. The zero-order valence-electron chi connectivity index (χ0n) is 13.7. The molecule has 0 N–H and O–H groups in total. The van der Waals surface area contributed by atoms with Crippen LogP contribution in [-0.2, 0) is 10.0 Å². The molecule has 23 heavy (non-hydrogen) atoms. The van der Waals surface area contributed by atoms with Gasteiger partial charge >= 0.3 is 0 Å². The van der Waals surface area contributed by atoms with E-state index in [0.717, 1.165) is 23.3 Å². The summed E-state index contributed by atoms with van der Waals surface area (Å²) in [4.78, 5) is 4.37. The van der Waals surface area contributed by atoms with Gasteiger partial charge in [-0.2, -0.15) is 0 Å². The Kier molecular flexibility index (Phi) is 5.04. The van der Waals surface area contributed by atoms with Crippen LogP contribution in [0.1, 0.15) is 25.0 Å². The van der Waals surface area contributed by atoms with Crippen molar-refractivity contribution in [1.82, 2.24) is 4.98 Å². The molecule has 124 valence electrons. The second-order valence-corrected chi connectivity index (χ2v) is 7.90. The summed E-state index contributed by atoms with van der Waals surface area (Å²) in [5, 5.41) is 0. The van der Waals surface area contributed by atoms with E-state index in [2.05, 4.69) is 4.98 Å². The van der Waals surface area contributed by atoms with Crippen LogP contribution in [0.2, 0.25) is 0 Å². The molecule has 6 heteroatoms. The van der Waals surface area contributed by atoms with Crippen molar-refractivity contribution >= 4 is 15.8 Å². The van der Waals surface area contributed by atoms with Crippen LogP contribution in [0.4, 0.5) is 10.2 Å². The van der Waals surface area contributed by atoms with Crippen LogP contribution in [0.15, 0.2) is 41.4 Å². The predicted octanol–water partition coefficient (Wildman–Crippen LogP) is 3.69. The standard InChI is InChI=1S/C17H21FN2O2S/c1-12(2)11-20(17-14(4)9-13(3)10-19-17)23(21,22)16-7-5-15(18)6-8-16/h5-10,12H,11H2,1-4H3. The van der Waals surface area contributed by atoms with Crippen LogP contribution >= 0.6 is 0 Å². The summed E-state index contributed by atoms with van der Waals surface area (Å²) in [6, 6.07) is 6.75. The van der Waals surface area contributed by atoms with Crippen molar-refractivity contribution in [2.75, 3.05) is 10.8 Å². The van der Waals surface area contributed by atoms with Crippen molar-refractivity contribution in [3.05, 3.63) is 53.5 Å². The molecule has 0 amide bonds. The first-order chi connectivity index (χ1) is 10.7. The number of rotatable bonds is 5. The fraction of sp³-hybridized carbons (Fsp3) is 0.353. The first kappa shape index (κ1) is 17.4. The van der Waals surface area contributed by atoms with Crippen molar-refractivity contribution in [3.63, 3.8) is 0 Å². The number of halogens is 1. The van der Waals surface area contributed by atoms with Gasteiger partial charge < -0.3 is 0 Å². The Morgan fingerprint density at radius 1 is 1.17 bits per heavy atom. The molecular formula is C17H21FN2O2S. The van der Waals surface area contributed by atoms with Gasteiger partial charge in [0.2, 0.25) is 0 Å². The molecule has 0 aliphatic heterocycles. The fourth-order valence-electron chi connectivity index (χ4n) is 2.33. The lowest BCUT2D eigenvalue weighted by atomic mass is 10.2. The first-order valence-electron chi connectivity index (χ1n) is 7.43. The number of hydrogen-bond acceptors (Lipinski definition) is 3. The van der Waals surface area contributed by atoms with Crippen LogP contribution in [0.5, 0.6) is 0 Å². The minimum atomic E-state index is -3.80. The molecule has 4 nitrogen and oxygen atoms in total. The van der Waals surface area contributed by atoms with E-state index < -0.39 is 15.8 Å². The second-order valence-electron chi connectivity index (χ2n) is 6.04. The Bertz CT molecular complexity index is 787. The zero-order chi connectivity index (χ0) is 17.2. The number of aryl methyl sites for hydroxylation is 2. The SMILES string of the molecule is Cc1cnc(N(CC(C)C)S(=O)(=O)c2ccc(F)cc2)c(C)c1. The third-order valence-electron chi connectivity index (χ3n) is 3.36. The normalized spacial score (nSPS) is 11.7. The molecule has 2 rings (SSSR count). The number of anilines is 1. The van der Waals surface area contributed by atoms with Crippen molar-refractivity contribution in [3.8, 4) is 0 Å². The van der Waals surface area contributed by atoms with E-state index in [1.165, 1.54) is 16.4 Å². The summed E-state index contributed by atoms with van der Waals surface area (Å²) >= 11 is 0. The predicted molar refractivity (Wildman–Crippen MR) is 89.5 cm³/mol. The summed E-state index contributed by atoms with van der Waals surface area (Å²) in [7, 11) is -3.80. The third kappa shape index (κ3) is 3.88. The van der Waals surface area contributed by atoms with E-state index in [4.69, 9.17) is 0 Å². The molecule has 1 aromatic heterocycles. The van der Waals surface area contributed by atoms with Gasteiger partial charge in [-0.3, -0.25) is 0 Å². The number of aromatic nitrogens is 1. The maximum atomic E-state index is 13.1. The Morgan fingerprint density at radius 3 is 2.30 bits per heavy atom. The smallest absolute Gasteiger partial charge is 0.249 e. The molecular weight excluding hydrogens is 315 g/mol. The van der Waals surface area contributed by atoms with Crippen molar-refractivity contribution < 1.29 is 12.8 Å². The Hall–Kier alpha value is -1.95. The van der Waals surface area contributed by atoms with Gasteiger partial charge in [0.15, 0.2) is 0 Å². The molecule has 0 fully saturated rings. The van der Waals surface area contributed by atoms with Crippen molar-refractivity contribution in [1.29, 1.82) is 0 Å². The first-order valence-corrected chi connectivity index (χ1v) is 8.87. The molecule has 0 aliphatic rings. The van der Waals surface area contributed by atoms with Gasteiger partial charge in [-0.15, -0.1) is 0 Å². The lowest BCUT2D eigenvalue weighted by Gasteiger charge is -2.26. The van der Waals surface area contributed by atoms with E-state index in [1.54, 1.807) is 6.20 Å². The van der Waals surface area contributed by atoms with Gasteiger partial charge in [-0.05, 0) is 55.2 Å². The number of hydrogen-bond donors (Lipinski definition) is 0. The van der Waals surface area contributed by atoms with Gasteiger partial charge in [0.05, 0.1) is 4.90 Å². The van der Waals surface area contributed by atoms with Crippen LogP contribution in [0.25, 0.3) is 0 Å². The Balaban J connectivity index is 2.55. The molecule has 2 aromatic rings. The molecule has 0 bridgehead atoms. The number of nitrogens with zero attached hydrogens (tertiary/aromatic N) is 2. The summed E-state index contributed by atoms with van der Waals surface area (Å²) in [5.74, 6) is 0.0605. The minimum absolute atomic E-state index is 0.0568. The van der Waals surface area contributed by atoms with Crippen LogP contribution in [-0.4, -0.2) is 19.9 Å². The van der Waals surface area contributed by atoms with E-state index in [9.17, 15) is 12.8 Å². The third-order valence-corrected chi connectivity index (χ3v) is 5.13. The van der Waals surface area contributed by atoms with Gasteiger partial charge in [-0.1, -0.05) is 19.9 Å². The monoisotopic (exact) mass is 336 g/mol. The Labute approximate surface area is 137 Å². The largest absolute Gasteiger partial charge is 0.265 e. The highest BCUT2D eigenvalue weighted by Gasteiger charge is 2.27. The number of sulfonamides is 1. The average molecular weight is 336 g/mol. The van der Waals surface area contributed by atoms with Crippen LogP contribution in [0, 0.1) is 25.6 Å². The molecule has 0 saturated carbocycles. The topological polar surface area (TPSA) is 50.3 Å². The number of benzene rings is 1. The van der Waals surface area contributed by atoms with Crippen molar-refractivity contribution in [2.45, 2.75) is 32.6 Å². The summed E-state index contributed by atoms with van der Waals surface area (Å²) < 4.78 is 40.4. The van der Waals surface area contributed by atoms with Crippen LogP contribution < -0.4 is 4.31 Å². The maximum absolute atomic E-state index is 13.1. The lowest BCUT2D eigenvalue weighted by Crippen LogP contribution is -2.35. The Morgan fingerprint density at radius 2 is 1.78 bits per heavy atom. The molecule has 0 spiro atoms. The van der Waals surface area contributed by atoms with Gasteiger partial charge in [0, 0.05) is 12.7 Å². The molecule has 1 aromatic carbocycles. The molecule has 1 heterocycles. The van der Waals surface area contributed by atoms with Crippen molar-refractivity contribution in [2.24, 2.45) is 5.92 Å². The molecule has 0 saturated heterocycles. The van der Waals surface area contributed by atoms with Gasteiger partial charge in [0.1, 0.15) is 11.6 Å². The maximum Gasteiger partial charge on any atom is 0.265 e. The molecule has 0 unspecified atom stereocenters. The summed E-state index contributed by atoms with van der Waals surface area (Å²) in [5.41, 5.74) is 1.76. The fourth-order valence-corrected chi connectivity index (χ4v) is 3.98. The van der Waals surface area contributed by atoms with E-state index in [0.29, 0.717) is 12.4 Å². The number of pyridine rings is 1. The van der Waals surface area contributed by atoms with E-state index >= 15 is 0 Å². The average Bonchev–Trinajstić information content (AvgIpc) is 2.45. The zero-order valence-corrected chi connectivity index (χ0v) is 14.6. The van der Waals surface area contributed by atoms with E-state index in [-0.39, 0.29) is 10.8 Å². The summed E-state index contributed by atoms with van der Waals surface area (Å²) in [6.45, 7) is 7.93. The van der Waals surface area contributed by atoms with Gasteiger partial charge in [-0.25, -0.2) is 22.1 Å². The molecule has 0 radical (unpaired) electrons. The highest BCUT2D eigenvalue weighted by molar-refractivity contribution is 7.92.